The second-order valence-corrected chi connectivity index (χ2v) is 6.65. The van der Waals surface area contributed by atoms with Crippen LogP contribution in [0.3, 0.4) is 0 Å². The summed E-state index contributed by atoms with van der Waals surface area (Å²) < 4.78 is 29.3. The minimum absolute atomic E-state index is 0.259. The lowest BCUT2D eigenvalue weighted by Gasteiger charge is -2.27. The number of carbonyl (C=O) groups is 1. The standard InChI is InChI=1S/C19H19ClF2N2O/c20-16-9-5-14(6-10-16)13-3-7-15(8-4-13)19(21,22)17(23)18(25)24-11-1-2-12-24/h3-10,17H,1-2,11-12,23H2. The zero-order valence-electron chi connectivity index (χ0n) is 13.6. The van der Waals surface area contributed by atoms with Crippen LogP contribution in [0.4, 0.5) is 8.78 Å². The molecule has 6 heteroatoms. The fraction of sp³-hybridized carbons (Fsp3) is 0.316. The minimum atomic E-state index is -3.42. The van der Waals surface area contributed by atoms with Gasteiger partial charge in [0.2, 0.25) is 5.91 Å². The first kappa shape index (κ1) is 17.8. The molecule has 1 fully saturated rings. The smallest absolute Gasteiger partial charge is 0.296 e. The minimum Gasteiger partial charge on any atom is -0.341 e. The van der Waals surface area contributed by atoms with E-state index < -0.39 is 17.9 Å². The third-order valence-corrected chi connectivity index (χ3v) is 4.77. The summed E-state index contributed by atoms with van der Waals surface area (Å²) in [5.41, 5.74) is 7.02. The van der Waals surface area contributed by atoms with Gasteiger partial charge in [-0.2, -0.15) is 8.78 Å². The van der Waals surface area contributed by atoms with Crippen LogP contribution < -0.4 is 5.73 Å². The number of hydrogen-bond acceptors (Lipinski definition) is 2. The predicted molar refractivity (Wildman–Crippen MR) is 94.6 cm³/mol. The number of alkyl halides is 2. The van der Waals surface area contributed by atoms with Crippen LogP contribution in [0.2, 0.25) is 5.02 Å². The monoisotopic (exact) mass is 364 g/mol. The van der Waals surface area contributed by atoms with Gasteiger partial charge in [-0.1, -0.05) is 48.0 Å². The highest BCUT2D eigenvalue weighted by atomic mass is 35.5. The summed E-state index contributed by atoms with van der Waals surface area (Å²) in [4.78, 5) is 13.6. The molecule has 1 amide bonds. The molecule has 3 rings (SSSR count). The molecule has 25 heavy (non-hydrogen) atoms. The van der Waals surface area contributed by atoms with Crippen molar-refractivity contribution in [1.82, 2.24) is 4.90 Å². The van der Waals surface area contributed by atoms with Gasteiger partial charge in [0.1, 0.15) is 0 Å². The van der Waals surface area contributed by atoms with E-state index in [1.165, 1.54) is 17.0 Å². The third-order valence-electron chi connectivity index (χ3n) is 4.52. The van der Waals surface area contributed by atoms with Gasteiger partial charge in [0.25, 0.3) is 5.92 Å². The molecule has 1 aliphatic rings. The Morgan fingerprint density at radius 2 is 1.48 bits per heavy atom. The Hall–Kier alpha value is -1.98. The zero-order chi connectivity index (χ0) is 18.0. The number of rotatable bonds is 4. The van der Waals surface area contributed by atoms with E-state index >= 15 is 0 Å². The number of nitrogens with two attached hydrogens (primary N) is 1. The van der Waals surface area contributed by atoms with E-state index in [9.17, 15) is 13.6 Å². The van der Waals surface area contributed by atoms with Gasteiger partial charge in [-0.05, 0) is 36.1 Å². The van der Waals surface area contributed by atoms with E-state index in [-0.39, 0.29) is 5.56 Å². The number of carbonyl (C=O) groups excluding carboxylic acids is 1. The van der Waals surface area contributed by atoms with Crippen molar-refractivity contribution in [2.24, 2.45) is 5.73 Å². The maximum absolute atomic E-state index is 14.7. The van der Waals surface area contributed by atoms with E-state index in [0.717, 1.165) is 24.0 Å². The maximum atomic E-state index is 14.7. The Labute approximate surface area is 150 Å². The molecule has 0 aromatic heterocycles. The van der Waals surface area contributed by atoms with Crippen LogP contribution in [-0.2, 0) is 10.7 Å². The van der Waals surface area contributed by atoms with Crippen molar-refractivity contribution in [3.05, 3.63) is 59.1 Å². The molecule has 1 aliphatic heterocycles. The lowest BCUT2D eigenvalue weighted by Crippen LogP contribution is -2.51. The fourth-order valence-electron chi connectivity index (χ4n) is 3.00. The Balaban J connectivity index is 1.79. The fourth-order valence-corrected chi connectivity index (χ4v) is 3.12. The van der Waals surface area contributed by atoms with E-state index in [0.29, 0.717) is 18.1 Å². The number of hydrogen-bond donors (Lipinski definition) is 1. The Bertz CT molecular complexity index is 741. The van der Waals surface area contributed by atoms with Crippen LogP contribution >= 0.6 is 11.6 Å². The summed E-state index contributed by atoms with van der Waals surface area (Å²) in [7, 11) is 0. The summed E-state index contributed by atoms with van der Waals surface area (Å²) in [5, 5.41) is 0.610. The van der Waals surface area contributed by atoms with Gasteiger partial charge in [0.05, 0.1) is 0 Å². The number of halogens is 3. The van der Waals surface area contributed by atoms with Gasteiger partial charge in [-0.15, -0.1) is 0 Å². The van der Waals surface area contributed by atoms with Gasteiger partial charge in [-0.3, -0.25) is 4.79 Å². The Kier molecular flexibility index (Phi) is 5.06. The topological polar surface area (TPSA) is 46.3 Å². The summed E-state index contributed by atoms with van der Waals surface area (Å²) in [5.74, 6) is -4.11. The number of likely N-dealkylation sites (tertiary alicyclic amines) is 1. The molecule has 3 nitrogen and oxygen atoms in total. The Morgan fingerprint density at radius 3 is 2.00 bits per heavy atom. The SMILES string of the molecule is NC(C(=O)N1CCCC1)C(F)(F)c1ccc(-c2ccc(Cl)cc2)cc1. The maximum Gasteiger partial charge on any atom is 0.296 e. The van der Waals surface area contributed by atoms with E-state index in [2.05, 4.69) is 0 Å². The summed E-state index contributed by atoms with van der Waals surface area (Å²) >= 11 is 5.85. The van der Waals surface area contributed by atoms with Crippen LogP contribution in [-0.4, -0.2) is 29.9 Å². The van der Waals surface area contributed by atoms with Crippen LogP contribution in [0.25, 0.3) is 11.1 Å². The van der Waals surface area contributed by atoms with Crippen LogP contribution in [0.15, 0.2) is 48.5 Å². The molecular formula is C19H19ClF2N2O. The molecule has 1 unspecified atom stereocenters. The van der Waals surface area contributed by atoms with E-state index in [4.69, 9.17) is 17.3 Å². The molecule has 132 valence electrons. The van der Waals surface area contributed by atoms with Crippen molar-refractivity contribution in [2.45, 2.75) is 24.8 Å². The molecule has 1 heterocycles. The van der Waals surface area contributed by atoms with E-state index in [1.807, 2.05) is 12.1 Å². The molecule has 0 spiro atoms. The molecule has 2 aromatic rings. The molecular weight excluding hydrogens is 346 g/mol. The van der Waals surface area contributed by atoms with E-state index in [1.54, 1.807) is 24.3 Å². The first-order valence-corrected chi connectivity index (χ1v) is 8.56. The first-order chi connectivity index (χ1) is 11.9. The van der Waals surface area contributed by atoms with Crippen LogP contribution in [0.5, 0.6) is 0 Å². The van der Waals surface area contributed by atoms with Crippen molar-refractivity contribution >= 4 is 17.5 Å². The molecule has 0 bridgehead atoms. The summed E-state index contributed by atoms with van der Waals surface area (Å²) in [6.07, 6.45) is 1.67. The van der Waals surface area contributed by atoms with Gasteiger partial charge in [0, 0.05) is 23.7 Å². The van der Waals surface area contributed by atoms with Gasteiger partial charge in [0.15, 0.2) is 6.04 Å². The summed E-state index contributed by atoms with van der Waals surface area (Å²) in [6, 6.07) is 11.1. The number of amides is 1. The second kappa shape index (κ2) is 7.10. The van der Waals surface area contributed by atoms with Crippen molar-refractivity contribution in [3.8, 4) is 11.1 Å². The highest BCUT2D eigenvalue weighted by Gasteiger charge is 2.45. The number of benzene rings is 2. The second-order valence-electron chi connectivity index (χ2n) is 6.22. The number of nitrogens with zero attached hydrogens (tertiary/aromatic N) is 1. The lowest BCUT2D eigenvalue weighted by molar-refractivity contribution is -0.142. The highest BCUT2D eigenvalue weighted by Crippen LogP contribution is 2.33. The molecule has 0 radical (unpaired) electrons. The lowest BCUT2D eigenvalue weighted by atomic mass is 9.97. The highest BCUT2D eigenvalue weighted by molar-refractivity contribution is 6.30. The van der Waals surface area contributed by atoms with Crippen molar-refractivity contribution < 1.29 is 13.6 Å². The molecule has 0 aliphatic carbocycles. The Morgan fingerprint density at radius 1 is 1.00 bits per heavy atom. The first-order valence-electron chi connectivity index (χ1n) is 8.18. The largest absolute Gasteiger partial charge is 0.341 e. The van der Waals surface area contributed by atoms with Crippen molar-refractivity contribution in [2.75, 3.05) is 13.1 Å². The van der Waals surface area contributed by atoms with Crippen LogP contribution in [0, 0.1) is 0 Å². The van der Waals surface area contributed by atoms with Gasteiger partial charge >= 0.3 is 0 Å². The zero-order valence-corrected chi connectivity index (χ0v) is 14.3. The summed E-state index contributed by atoms with van der Waals surface area (Å²) in [6.45, 7) is 0.996. The molecule has 1 saturated heterocycles. The van der Waals surface area contributed by atoms with Gasteiger partial charge in [-0.25, -0.2) is 0 Å². The van der Waals surface area contributed by atoms with Gasteiger partial charge < -0.3 is 10.6 Å². The quantitative estimate of drug-likeness (QED) is 0.889. The molecule has 2 N–H and O–H groups in total. The normalized spacial score (nSPS) is 16.1. The predicted octanol–water partition coefficient (Wildman–Crippen LogP) is 4.05. The third kappa shape index (κ3) is 3.67. The average Bonchev–Trinajstić information content (AvgIpc) is 3.16. The molecule has 0 saturated carbocycles. The van der Waals surface area contributed by atoms with Crippen molar-refractivity contribution in [1.29, 1.82) is 0 Å². The van der Waals surface area contributed by atoms with Crippen LogP contribution in [0.1, 0.15) is 18.4 Å². The average molecular weight is 365 g/mol. The van der Waals surface area contributed by atoms with Crippen molar-refractivity contribution in [3.63, 3.8) is 0 Å². The molecule has 2 aromatic carbocycles. The molecule has 1 atom stereocenters.